The van der Waals surface area contributed by atoms with Crippen molar-refractivity contribution in [3.63, 3.8) is 0 Å². The minimum absolute atomic E-state index is 0.1000. The normalized spacial score (nSPS) is 11.9. The van der Waals surface area contributed by atoms with Gasteiger partial charge in [-0.3, -0.25) is 9.59 Å². The fraction of sp³-hybridized carbons (Fsp3) is 0.320. The molecule has 0 aliphatic heterocycles. The van der Waals surface area contributed by atoms with Crippen molar-refractivity contribution < 1.29 is 18.5 Å². The number of halogens is 1. The smallest absolute Gasteiger partial charge is 0.251 e. The Hall–Kier alpha value is -3.48. The molecule has 0 bridgehead atoms. The van der Waals surface area contributed by atoms with Crippen LogP contribution in [0, 0.1) is 11.7 Å². The van der Waals surface area contributed by atoms with Gasteiger partial charge in [-0.1, -0.05) is 49.3 Å². The van der Waals surface area contributed by atoms with Crippen molar-refractivity contribution >= 4 is 11.8 Å². The lowest BCUT2D eigenvalue weighted by atomic mass is 10.0. The molecule has 1 N–H and O–H groups in total. The maximum atomic E-state index is 13.1. The number of amides is 2. The number of aryl methyl sites for hydroxylation is 1. The Morgan fingerprint density at radius 2 is 1.78 bits per heavy atom. The van der Waals surface area contributed by atoms with Gasteiger partial charge in [0.1, 0.15) is 23.3 Å². The number of hydrogen-bond acceptors (Lipinski definition) is 4. The summed E-state index contributed by atoms with van der Waals surface area (Å²) in [6, 6.07) is 16.3. The highest BCUT2D eigenvalue weighted by molar-refractivity contribution is 5.97. The summed E-state index contributed by atoms with van der Waals surface area (Å²) in [5, 5.41) is 6.89. The summed E-state index contributed by atoms with van der Waals surface area (Å²) in [6.07, 6.45) is 1.34. The van der Waals surface area contributed by atoms with E-state index >= 15 is 0 Å². The van der Waals surface area contributed by atoms with Crippen LogP contribution < -0.4 is 5.32 Å². The number of rotatable bonds is 9. The Kier molecular flexibility index (Phi) is 7.76. The quantitative estimate of drug-likeness (QED) is 0.541. The summed E-state index contributed by atoms with van der Waals surface area (Å²) >= 11 is 0. The monoisotopic (exact) mass is 437 g/mol. The Morgan fingerprint density at radius 3 is 2.44 bits per heavy atom. The van der Waals surface area contributed by atoms with Crippen LogP contribution in [0.4, 0.5) is 4.39 Å². The van der Waals surface area contributed by atoms with Gasteiger partial charge in [0.15, 0.2) is 0 Å². The summed E-state index contributed by atoms with van der Waals surface area (Å²) in [4.78, 5) is 27.1. The van der Waals surface area contributed by atoms with Gasteiger partial charge < -0.3 is 14.7 Å². The third kappa shape index (κ3) is 6.03. The van der Waals surface area contributed by atoms with Gasteiger partial charge in [-0.05, 0) is 36.6 Å². The zero-order valence-corrected chi connectivity index (χ0v) is 18.5. The lowest BCUT2D eigenvalue weighted by Crippen LogP contribution is -2.50. The molecule has 2 amide bonds. The summed E-state index contributed by atoms with van der Waals surface area (Å²) in [6.45, 7) is 4.26. The van der Waals surface area contributed by atoms with E-state index < -0.39 is 17.8 Å². The molecular weight excluding hydrogens is 409 g/mol. The molecule has 3 aromatic rings. The van der Waals surface area contributed by atoms with Crippen molar-refractivity contribution in [2.24, 2.45) is 5.92 Å². The van der Waals surface area contributed by atoms with Gasteiger partial charge in [-0.2, -0.15) is 0 Å². The van der Waals surface area contributed by atoms with Gasteiger partial charge >= 0.3 is 0 Å². The molecule has 1 aromatic heterocycles. The second-order valence-electron chi connectivity index (χ2n) is 8.11. The van der Waals surface area contributed by atoms with Crippen LogP contribution in [-0.2, 0) is 11.2 Å². The van der Waals surface area contributed by atoms with E-state index in [0.717, 1.165) is 17.0 Å². The number of nitrogens with one attached hydrogen (secondary N) is 1. The first-order valence-electron chi connectivity index (χ1n) is 10.7. The molecule has 6 nitrogen and oxygen atoms in total. The molecule has 0 fully saturated rings. The van der Waals surface area contributed by atoms with E-state index in [9.17, 15) is 14.0 Å². The Bertz CT molecular complexity index is 1030. The minimum Gasteiger partial charge on any atom is -0.361 e. The van der Waals surface area contributed by atoms with Gasteiger partial charge in [0.05, 0.1) is 0 Å². The molecule has 0 aliphatic rings. The molecular formula is C25H28FN3O3. The predicted molar refractivity (Wildman–Crippen MR) is 120 cm³/mol. The van der Waals surface area contributed by atoms with Crippen LogP contribution >= 0.6 is 0 Å². The Balaban J connectivity index is 1.53. The Morgan fingerprint density at radius 1 is 1.09 bits per heavy atom. The first-order chi connectivity index (χ1) is 15.3. The number of carbonyl (C=O) groups excluding carboxylic acids is 2. The molecule has 32 heavy (non-hydrogen) atoms. The molecule has 1 atom stereocenters. The standard InChI is InChI=1S/C25H28FN3O3/c1-17(2)23(27-24(30)19-11-13-20(26)14-12-19)25(31)29(3)15-7-10-21-16-22(28-32-21)18-8-5-4-6-9-18/h4-6,8-9,11-14,16-17,23H,7,10,15H2,1-3H3,(H,27,30). The van der Waals surface area contributed by atoms with Gasteiger partial charge in [0.2, 0.25) is 5.91 Å². The third-order valence-electron chi connectivity index (χ3n) is 5.25. The average Bonchev–Trinajstić information content (AvgIpc) is 3.26. The van der Waals surface area contributed by atoms with E-state index in [1.807, 2.05) is 50.2 Å². The van der Waals surface area contributed by atoms with E-state index in [4.69, 9.17) is 4.52 Å². The molecule has 168 valence electrons. The molecule has 0 spiro atoms. The maximum absolute atomic E-state index is 13.1. The summed E-state index contributed by atoms with van der Waals surface area (Å²) in [5.74, 6) is -0.328. The van der Waals surface area contributed by atoms with Crippen LogP contribution in [0.25, 0.3) is 11.3 Å². The van der Waals surface area contributed by atoms with Crippen molar-refractivity contribution in [1.29, 1.82) is 0 Å². The summed E-state index contributed by atoms with van der Waals surface area (Å²) < 4.78 is 18.5. The lowest BCUT2D eigenvalue weighted by molar-refractivity contribution is -0.133. The number of benzene rings is 2. The SMILES string of the molecule is CC(C)C(NC(=O)c1ccc(F)cc1)C(=O)N(C)CCCc1cc(-c2ccccc2)no1. The molecule has 1 unspecified atom stereocenters. The highest BCUT2D eigenvalue weighted by Crippen LogP contribution is 2.19. The van der Waals surface area contributed by atoms with Gasteiger partial charge in [-0.25, -0.2) is 4.39 Å². The van der Waals surface area contributed by atoms with E-state index in [1.54, 1.807) is 11.9 Å². The minimum atomic E-state index is -0.674. The molecule has 0 saturated heterocycles. The predicted octanol–water partition coefficient (Wildman–Crippen LogP) is 4.33. The van der Waals surface area contributed by atoms with Gasteiger partial charge in [0, 0.05) is 37.2 Å². The van der Waals surface area contributed by atoms with E-state index in [0.29, 0.717) is 24.9 Å². The van der Waals surface area contributed by atoms with Gasteiger partial charge in [-0.15, -0.1) is 0 Å². The van der Waals surface area contributed by atoms with Crippen LogP contribution in [0.3, 0.4) is 0 Å². The van der Waals surface area contributed by atoms with E-state index in [-0.39, 0.29) is 11.8 Å². The van der Waals surface area contributed by atoms with Crippen LogP contribution in [0.5, 0.6) is 0 Å². The largest absolute Gasteiger partial charge is 0.361 e. The fourth-order valence-corrected chi connectivity index (χ4v) is 3.35. The Labute approximate surface area is 187 Å². The van der Waals surface area contributed by atoms with Crippen molar-refractivity contribution in [3.05, 3.63) is 77.8 Å². The molecule has 1 heterocycles. The van der Waals surface area contributed by atoms with Crippen molar-refractivity contribution in [2.45, 2.75) is 32.7 Å². The second kappa shape index (κ2) is 10.7. The first kappa shape index (κ1) is 23.2. The number of hydrogen-bond donors (Lipinski definition) is 1. The van der Waals surface area contributed by atoms with Crippen molar-refractivity contribution in [1.82, 2.24) is 15.4 Å². The van der Waals surface area contributed by atoms with Crippen LogP contribution in [0.1, 0.15) is 36.4 Å². The van der Waals surface area contributed by atoms with Crippen LogP contribution in [0.15, 0.2) is 65.2 Å². The van der Waals surface area contributed by atoms with E-state index in [2.05, 4.69) is 10.5 Å². The molecule has 0 radical (unpaired) electrons. The highest BCUT2D eigenvalue weighted by atomic mass is 19.1. The molecule has 3 rings (SSSR count). The zero-order valence-electron chi connectivity index (χ0n) is 18.5. The average molecular weight is 438 g/mol. The molecule has 2 aromatic carbocycles. The first-order valence-corrected chi connectivity index (χ1v) is 10.7. The van der Waals surface area contributed by atoms with Crippen molar-refractivity contribution in [2.75, 3.05) is 13.6 Å². The second-order valence-corrected chi connectivity index (χ2v) is 8.11. The number of likely N-dealkylation sites (N-methyl/N-ethyl adjacent to an activating group) is 1. The summed E-state index contributed by atoms with van der Waals surface area (Å²) in [7, 11) is 1.72. The summed E-state index contributed by atoms with van der Waals surface area (Å²) in [5.41, 5.74) is 2.09. The zero-order chi connectivity index (χ0) is 23.1. The maximum Gasteiger partial charge on any atom is 0.251 e. The number of carbonyl (C=O) groups is 2. The molecule has 7 heteroatoms. The molecule has 0 saturated carbocycles. The van der Waals surface area contributed by atoms with Crippen LogP contribution in [0.2, 0.25) is 0 Å². The van der Waals surface area contributed by atoms with Crippen LogP contribution in [-0.4, -0.2) is 41.5 Å². The number of nitrogens with zero attached hydrogens (tertiary/aromatic N) is 2. The van der Waals surface area contributed by atoms with E-state index in [1.165, 1.54) is 24.3 Å². The lowest BCUT2D eigenvalue weighted by Gasteiger charge is -2.27. The highest BCUT2D eigenvalue weighted by Gasteiger charge is 2.27. The fourth-order valence-electron chi connectivity index (χ4n) is 3.35. The van der Waals surface area contributed by atoms with Gasteiger partial charge in [0.25, 0.3) is 5.91 Å². The number of aromatic nitrogens is 1. The molecule has 0 aliphatic carbocycles. The third-order valence-corrected chi connectivity index (χ3v) is 5.25. The van der Waals surface area contributed by atoms with Crippen molar-refractivity contribution in [3.8, 4) is 11.3 Å². The topological polar surface area (TPSA) is 75.4 Å².